The molecule has 1 aliphatic rings. The van der Waals surface area contributed by atoms with E-state index >= 15 is 0 Å². The summed E-state index contributed by atoms with van der Waals surface area (Å²) in [6.45, 7) is 6.65. The molecule has 3 rings (SSSR count). The Labute approximate surface area is 230 Å². The second-order valence-electron chi connectivity index (χ2n) is 9.99. The summed E-state index contributed by atoms with van der Waals surface area (Å²) in [5, 5.41) is 21.5. The van der Waals surface area contributed by atoms with Crippen LogP contribution in [0, 0.1) is 5.92 Å². The Balaban J connectivity index is 1.88. The van der Waals surface area contributed by atoms with Crippen LogP contribution in [0.3, 0.4) is 0 Å². The lowest BCUT2D eigenvalue weighted by atomic mass is 10.00. The third-order valence-corrected chi connectivity index (χ3v) is 6.51. The molecule has 0 saturated heterocycles. The number of carbonyl (C=O) groups excluding carboxylic acids is 3. The van der Waals surface area contributed by atoms with Gasteiger partial charge in [-0.05, 0) is 42.5 Å². The molecule has 210 valence electrons. The summed E-state index contributed by atoms with van der Waals surface area (Å²) in [6.07, 6.45) is 5.25. The van der Waals surface area contributed by atoms with E-state index in [1.807, 2.05) is 57.2 Å². The molecule has 3 amide bonds. The Bertz CT molecular complexity index is 1130. The van der Waals surface area contributed by atoms with E-state index in [9.17, 15) is 19.5 Å². The van der Waals surface area contributed by atoms with Crippen molar-refractivity contribution in [2.24, 2.45) is 5.92 Å². The second kappa shape index (κ2) is 14.9. The van der Waals surface area contributed by atoms with Gasteiger partial charge in [0.15, 0.2) is 0 Å². The number of amides is 3. The highest BCUT2D eigenvalue weighted by molar-refractivity contribution is 5.93. The van der Waals surface area contributed by atoms with Crippen LogP contribution in [0.2, 0.25) is 0 Å². The smallest absolute Gasteiger partial charge is 0.243 e. The molecule has 0 fully saturated rings. The maximum Gasteiger partial charge on any atom is 0.243 e. The molecule has 9 nitrogen and oxygen atoms in total. The van der Waals surface area contributed by atoms with Crippen molar-refractivity contribution >= 4 is 23.8 Å². The summed E-state index contributed by atoms with van der Waals surface area (Å²) < 4.78 is 6.00. The van der Waals surface area contributed by atoms with E-state index in [-0.39, 0.29) is 23.5 Å². The van der Waals surface area contributed by atoms with Crippen LogP contribution in [0.1, 0.15) is 44.7 Å². The van der Waals surface area contributed by atoms with Crippen molar-refractivity contribution in [3.63, 3.8) is 0 Å². The summed E-state index contributed by atoms with van der Waals surface area (Å²) >= 11 is 0. The lowest BCUT2D eigenvalue weighted by Gasteiger charge is -2.27. The highest BCUT2D eigenvalue weighted by atomic mass is 16.5. The number of para-hydroxylation sites is 1. The number of phenolic OH excluding ortho intramolecular Hbond substituents is 1. The fraction of sp³-hybridized carbons (Fsp3) is 0.433. The van der Waals surface area contributed by atoms with E-state index in [1.54, 1.807) is 24.3 Å². The van der Waals surface area contributed by atoms with Crippen molar-refractivity contribution in [3.05, 3.63) is 65.7 Å². The summed E-state index contributed by atoms with van der Waals surface area (Å²) in [4.78, 5) is 39.7. The highest BCUT2D eigenvalue weighted by Gasteiger charge is 2.30. The van der Waals surface area contributed by atoms with Gasteiger partial charge in [0.25, 0.3) is 0 Å². The zero-order valence-corrected chi connectivity index (χ0v) is 22.9. The number of rotatable bonds is 5. The first-order chi connectivity index (χ1) is 18.8. The molecule has 2 aromatic rings. The summed E-state index contributed by atoms with van der Waals surface area (Å²) in [6, 6.07) is 12.1. The van der Waals surface area contributed by atoms with Gasteiger partial charge in [0, 0.05) is 18.7 Å². The van der Waals surface area contributed by atoms with Gasteiger partial charge < -0.3 is 31.1 Å². The maximum absolute atomic E-state index is 13.5. The third kappa shape index (κ3) is 9.14. The van der Waals surface area contributed by atoms with Crippen LogP contribution in [0.15, 0.2) is 54.6 Å². The minimum Gasteiger partial charge on any atom is -0.508 e. The van der Waals surface area contributed by atoms with Crippen LogP contribution in [-0.4, -0.2) is 60.6 Å². The van der Waals surface area contributed by atoms with Crippen molar-refractivity contribution in [1.29, 1.82) is 0 Å². The first-order valence-electron chi connectivity index (χ1n) is 13.6. The van der Waals surface area contributed by atoms with Crippen molar-refractivity contribution in [1.82, 2.24) is 21.3 Å². The molecule has 0 aliphatic carbocycles. The monoisotopic (exact) mass is 536 g/mol. The summed E-state index contributed by atoms with van der Waals surface area (Å²) in [5.41, 5.74) is 1.72. The molecular weight excluding hydrogens is 496 g/mol. The number of hydrogen-bond acceptors (Lipinski definition) is 6. The Morgan fingerprint density at radius 2 is 1.69 bits per heavy atom. The van der Waals surface area contributed by atoms with Crippen molar-refractivity contribution in [2.75, 3.05) is 19.7 Å². The van der Waals surface area contributed by atoms with Crippen LogP contribution in [-0.2, 0) is 20.8 Å². The fourth-order valence-corrected chi connectivity index (χ4v) is 4.35. The number of phenols is 1. The SMILES string of the molecule is CCC[C@@H]1NC(=O)[C@H](C(C)C)NC(=O)[C@@H](Cc2ccc(O)cc2)NCCOc2ccccc2/C=C/CNC1=O. The number of ether oxygens (including phenoxy) is 1. The van der Waals surface area contributed by atoms with Gasteiger partial charge in [0.2, 0.25) is 17.7 Å². The molecule has 0 saturated carbocycles. The maximum atomic E-state index is 13.5. The van der Waals surface area contributed by atoms with Crippen molar-refractivity contribution < 1.29 is 24.2 Å². The van der Waals surface area contributed by atoms with E-state index in [0.29, 0.717) is 44.7 Å². The predicted octanol–water partition coefficient (Wildman–Crippen LogP) is 2.54. The molecule has 2 aromatic carbocycles. The normalized spacial score (nSPS) is 22.4. The molecule has 0 bridgehead atoms. The lowest BCUT2D eigenvalue weighted by Crippen LogP contribution is -2.58. The molecule has 5 N–H and O–H groups in total. The Hall–Kier alpha value is -3.85. The zero-order valence-electron chi connectivity index (χ0n) is 22.9. The largest absolute Gasteiger partial charge is 0.508 e. The molecule has 0 spiro atoms. The number of aromatic hydroxyl groups is 1. The topological polar surface area (TPSA) is 129 Å². The molecule has 1 aliphatic heterocycles. The van der Waals surface area contributed by atoms with Crippen molar-refractivity contribution in [2.45, 2.75) is 58.2 Å². The summed E-state index contributed by atoms with van der Waals surface area (Å²) in [5.74, 6) is -0.381. The average Bonchev–Trinajstić information content (AvgIpc) is 2.91. The number of carbonyl (C=O) groups is 3. The molecule has 9 heteroatoms. The fourth-order valence-electron chi connectivity index (χ4n) is 4.35. The van der Waals surface area contributed by atoms with Crippen LogP contribution >= 0.6 is 0 Å². The lowest BCUT2D eigenvalue weighted by molar-refractivity contribution is -0.133. The number of benzene rings is 2. The summed E-state index contributed by atoms with van der Waals surface area (Å²) in [7, 11) is 0. The van der Waals surface area contributed by atoms with Gasteiger partial charge in [-0.2, -0.15) is 0 Å². The number of hydrogen-bond donors (Lipinski definition) is 5. The van der Waals surface area contributed by atoms with Crippen LogP contribution in [0.4, 0.5) is 0 Å². The van der Waals surface area contributed by atoms with Gasteiger partial charge in [-0.3, -0.25) is 14.4 Å². The Kier molecular flexibility index (Phi) is 11.4. The second-order valence-corrected chi connectivity index (χ2v) is 9.99. The Morgan fingerprint density at radius 3 is 2.41 bits per heavy atom. The number of nitrogens with one attached hydrogen (secondary N) is 4. The minimum absolute atomic E-state index is 0.143. The molecule has 0 unspecified atom stereocenters. The third-order valence-electron chi connectivity index (χ3n) is 6.51. The van der Waals surface area contributed by atoms with Gasteiger partial charge >= 0.3 is 0 Å². The molecule has 3 atom stereocenters. The first kappa shape index (κ1) is 29.7. The standard InChI is InChI=1S/C30H40N4O5/c1-4-8-24-28(36)32-16-7-10-22-9-5-6-11-26(22)39-18-17-31-25(19-21-12-14-23(35)15-13-21)29(37)34-27(20(2)3)30(38)33-24/h5-7,9-15,20,24-25,27,31,35H,4,8,16-19H2,1-3H3,(H,32,36)(H,33,38)(H,34,37)/b10-7+/t24-,25+,27-/m0/s1. The number of fused-ring (bicyclic) bond motifs is 1. The first-order valence-corrected chi connectivity index (χ1v) is 13.6. The highest BCUT2D eigenvalue weighted by Crippen LogP contribution is 2.19. The van der Waals surface area contributed by atoms with E-state index in [4.69, 9.17) is 4.74 Å². The van der Waals surface area contributed by atoms with Gasteiger partial charge in [-0.15, -0.1) is 0 Å². The molecule has 0 radical (unpaired) electrons. The predicted molar refractivity (Wildman–Crippen MR) is 151 cm³/mol. The molecule has 1 heterocycles. The van der Waals surface area contributed by atoms with Gasteiger partial charge in [-0.25, -0.2) is 0 Å². The van der Waals surface area contributed by atoms with Crippen LogP contribution < -0.4 is 26.0 Å². The van der Waals surface area contributed by atoms with E-state index in [2.05, 4.69) is 21.3 Å². The van der Waals surface area contributed by atoms with Crippen molar-refractivity contribution in [3.8, 4) is 11.5 Å². The van der Waals surface area contributed by atoms with Crippen LogP contribution in [0.5, 0.6) is 11.5 Å². The average molecular weight is 537 g/mol. The zero-order chi connectivity index (χ0) is 28.2. The van der Waals surface area contributed by atoms with Gasteiger partial charge in [0.1, 0.15) is 30.2 Å². The van der Waals surface area contributed by atoms with Gasteiger partial charge in [0.05, 0.1) is 6.04 Å². The minimum atomic E-state index is -0.823. The van der Waals surface area contributed by atoms with E-state index in [0.717, 1.165) is 11.1 Å². The van der Waals surface area contributed by atoms with E-state index < -0.39 is 24.0 Å². The molecule has 0 aromatic heterocycles. The van der Waals surface area contributed by atoms with E-state index in [1.165, 1.54) is 0 Å². The van der Waals surface area contributed by atoms with Crippen LogP contribution in [0.25, 0.3) is 6.08 Å². The Morgan fingerprint density at radius 1 is 0.949 bits per heavy atom. The molecular formula is C30H40N4O5. The quantitative estimate of drug-likeness (QED) is 0.400. The molecule has 39 heavy (non-hydrogen) atoms. The van der Waals surface area contributed by atoms with Gasteiger partial charge in [-0.1, -0.05) is 69.7 Å².